The van der Waals surface area contributed by atoms with E-state index in [1.807, 2.05) is 18.4 Å². The molecule has 3 aromatic rings. The quantitative estimate of drug-likeness (QED) is 0.732. The maximum absolute atomic E-state index is 12.3. The Morgan fingerprint density at radius 2 is 2.16 bits per heavy atom. The van der Waals surface area contributed by atoms with Gasteiger partial charge in [0.15, 0.2) is 11.2 Å². The van der Waals surface area contributed by atoms with Crippen molar-refractivity contribution in [3.05, 3.63) is 51.5 Å². The van der Waals surface area contributed by atoms with Crippen LogP contribution >= 0.6 is 11.3 Å². The smallest absolute Gasteiger partial charge is 0.281 e. The van der Waals surface area contributed by atoms with E-state index in [0.717, 1.165) is 6.42 Å². The summed E-state index contributed by atoms with van der Waals surface area (Å²) in [6, 6.07) is 4.13. The lowest BCUT2D eigenvalue weighted by molar-refractivity contribution is 0.525. The standard InChI is InChI=1S/C13H12N4OS/c1-9(7-10-3-2-6-19-10)17-8-16-12-11(13(17)18)14-4-5-15-12/h2-6,8-9H,7H2,1H3/t9-/m1/s1. The van der Waals surface area contributed by atoms with Crippen LogP contribution < -0.4 is 5.56 Å². The van der Waals surface area contributed by atoms with Crippen LogP contribution in [0.3, 0.4) is 0 Å². The van der Waals surface area contributed by atoms with E-state index in [-0.39, 0.29) is 11.6 Å². The minimum absolute atomic E-state index is 0.0463. The minimum atomic E-state index is -0.137. The molecule has 3 rings (SSSR count). The van der Waals surface area contributed by atoms with E-state index in [4.69, 9.17) is 0 Å². The molecule has 96 valence electrons. The van der Waals surface area contributed by atoms with Gasteiger partial charge in [0.2, 0.25) is 0 Å². The molecule has 0 fully saturated rings. The van der Waals surface area contributed by atoms with Gasteiger partial charge in [0, 0.05) is 29.7 Å². The van der Waals surface area contributed by atoms with Gasteiger partial charge in [-0.05, 0) is 18.4 Å². The first kappa shape index (κ1) is 12.0. The third-order valence-corrected chi connectivity index (χ3v) is 3.87. The van der Waals surface area contributed by atoms with Crippen molar-refractivity contribution in [3.8, 4) is 0 Å². The molecule has 0 saturated heterocycles. The van der Waals surface area contributed by atoms with E-state index in [9.17, 15) is 4.79 Å². The second-order valence-electron chi connectivity index (χ2n) is 4.32. The Morgan fingerprint density at radius 1 is 1.32 bits per heavy atom. The molecule has 0 spiro atoms. The molecule has 0 unspecified atom stereocenters. The van der Waals surface area contributed by atoms with Gasteiger partial charge in [0.1, 0.15) is 6.33 Å². The zero-order valence-electron chi connectivity index (χ0n) is 10.4. The van der Waals surface area contributed by atoms with Gasteiger partial charge in [0.25, 0.3) is 5.56 Å². The fourth-order valence-electron chi connectivity index (χ4n) is 2.00. The molecule has 0 radical (unpaired) electrons. The van der Waals surface area contributed by atoms with Crippen LogP contribution in [-0.4, -0.2) is 19.5 Å². The molecule has 6 heteroatoms. The van der Waals surface area contributed by atoms with Crippen molar-refractivity contribution in [1.29, 1.82) is 0 Å². The fourth-order valence-corrected chi connectivity index (χ4v) is 2.83. The number of rotatable bonds is 3. The molecule has 0 aromatic carbocycles. The molecular weight excluding hydrogens is 260 g/mol. The first-order valence-electron chi connectivity index (χ1n) is 5.96. The van der Waals surface area contributed by atoms with Gasteiger partial charge in [-0.15, -0.1) is 11.3 Å². The summed E-state index contributed by atoms with van der Waals surface area (Å²) in [5.41, 5.74) is 0.581. The van der Waals surface area contributed by atoms with Gasteiger partial charge < -0.3 is 0 Å². The van der Waals surface area contributed by atoms with E-state index in [0.29, 0.717) is 11.2 Å². The fraction of sp³-hybridized carbons (Fsp3) is 0.231. The highest BCUT2D eigenvalue weighted by Gasteiger charge is 2.12. The van der Waals surface area contributed by atoms with Crippen molar-refractivity contribution in [2.75, 3.05) is 0 Å². The maximum Gasteiger partial charge on any atom is 0.281 e. The summed E-state index contributed by atoms with van der Waals surface area (Å²) in [5, 5.41) is 2.04. The first-order valence-corrected chi connectivity index (χ1v) is 6.84. The molecule has 0 N–H and O–H groups in total. The average Bonchev–Trinajstić information content (AvgIpc) is 2.92. The molecule has 0 aliphatic carbocycles. The lowest BCUT2D eigenvalue weighted by Gasteiger charge is -2.13. The Balaban J connectivity index is 2.01. The molecule has 0 bridgehead atoms. The lowest BCUT2D eigenvalue weighted by Crippen LogP contribution is -2.25. The maximum atomic E-state index is 12.3. The van der Waals surface area contributed by atoms with Crippen LogP contribution in [-0.2, 0) is 6.42 Å². The number of fused-ring (bicyclic) bond motifs is 1. The van der Waals surface area contributed by atoms with Crippen LogP contribution in [0.4, 0.5) is 0 Å². The molecule has 0 saturated carbocycles. The summed E-state index contributed by atoms with van der Waals surface area (Å²) in [5.74, 6) is 0. The summed E-state index contributed by atoms with van der Waals surface area (Å²) in [6.45, 7) is 2.00. The third-order valence-electron chi connectivity index (χ3n) is 2.97. The molecule has 0 aliphatic heterocycles. The summed E-state index contributed by atoms with van der Waals surface area (Å²) >= 11 is 1.69. The Bertz CT molecular complexity index is 751. The SMILES string of the molecule is C[C@H](Cc1cccs1)n1cnc2nccnc2c1=O. The van der Waals surface area contributed by atoms with Crippen LogP contribution in [0.15, 0.2) is 41.0 Å². The predicted molar refractivity (Wildman–Crippen MR) is 74.3 cm³/mol. The second kappa shape index (κ2) is 4.89. The van der Waals surface area contributed by atoms with Crippen molar-refractivity contribution in [2.45, 2.75) is 19.4 Å². The van der Waals surface area contributed by atoms with Crippen molar-refractivity contribution in [1.82, 2.24) is 19.5 Å². The van der Waals surface area contributed by atoms with Gasteiger partial charge in [-0.1, -0.05) is 6.07 Å². The summed E-state index contributed by atoms with van der Waals surface area (Å²) in [7, 11) is 0. The molecule has 3 aromatic heterocycles. The number of thiophene rings is 1. The highest BCUT2D eigenvalue weighted by atomic mass is 32.1. The Morgan fingerprint density at radius 3 is 2.95 bits per heavy atom. The zero-order valence-corrected chi connectivity index (χ0v) is 11.2. The van der Waals surface area contributed by atoms with Crippen LogP contribution in [0.1, 0.15) is 17.8 Å². The Kier molecular flexibility index (Phi) is 3.08. The van der Waals surface area contributed by atoms with Crippen molar-refractivity contribution in [2.24, 2.45) is 0 Å². The Hall–Kier alpha value is -2.08. The summed E-state index contributed by atoms with van der Waals surface area (Å²) in [4.78, 5) is 25.9. The number of nitrogens with zero attached hydrogens (tertiary/aromatic N) is 4. The zero-order chi connectivity index (χ0) is 13.2. The highest BCUT2D eigenvalue weighted by Crippen LogP contribution is 2.16. The van der Waals surface area contributed by atoms with Gasteiger partial charge in [-0.25, -0.2) is 15.0 Å². The summed E-state index contributed by atoms with van der Waals surface area (Å²) < 4.78 is 1.62. The van der Waals surface area contributed by atoms with Gasteiger partial charge >= 0.3 is 0 Å². The van der Waals surface area contributed by atoms with Gasteiger partial charge in [-0.2, -0.15) is 0 Å². The van der Waals surface area contributed by atoms with Crippen LogP contribution in [0.2, 0.25) is 0 Å². The van der Waals surface area contributed by atoms with Crippen LogP contribution in [0, 0.1) is 0 Å². The topological polar surface area (TPSA) is 60.7 Å². The lowest BCUT2D eigenvalue weighted by atomic mass is 10.2. The van der Waals surface area contributed by atoms with Gasteiger partial charge in [-0.3, -0.25) is 9.36 Å². The Labute approximate surface area is 113 Å². The molecule has 0 amide bonds. The monoisotopic (exact) mass is 272 g/mol. The third kappa shape index (κ3) is 2.26. The van der Waals surface area contributed by atoms with E-state index in [2.05, 4.69) is 21.0 Å². The molecule has 3 heterocycles. The van der Waals surface area contributed by atoms with Gasteiger partial charge in [0.05, 0.1) is 0 Å². The minimum Gasteiger partial charge on any atom is -0.294 e. The largest absolute Gasteiger partial charge is 0.294 e. The van der Waals surface area contributed by atoms with Crippen molar-refractivity contribution >= 4 is 22.5 Å². The number of aromatic nitrogens is 4. The van der Waals surface area contributed by atoms with E-state index in [1.165, 1.54) is 17.3 Å². The second-order valence-corrected chi connectivity index (χ2v) is 5.35. The van der Waals surface area contributed by atoms with Crippen LogP contribution in [0.25, 0.3) is 11.2 Å². The average molecular weight is 272 g/mol. The van der Waals surface area contributed by atoms with E-state index < -0.39 is 0 Å². The first-order chi connectivity index (χ1) is 9.25. The van der Waals surface area contributed by atoms with E-state index >= 15 is 0 Å². The molecular formula is C13H12N4OS. The molecule has 1 atom stereocenters. The molecule has 5 nitrogen and oxygen atoms in total. The molecule has 0 aliphatic rings. The van der Waals surface area contributed by atoms with E-state index in [1.54, 1.807) is 22.2 Å². The predicted octanol–water partition coefficient (Wildman–Crippen LogP) is 2.05. The summed E-state index contributed by atoms with van der Waals surface area (Å²) in [6.07, 6.45) is 5.41. The normalized spacial score (nSPS) is 12.7. The number of hydrogen-bond acceptors (Lipinski definition) is 5. The van der Waals surface area contributed by atoms with Crippen LogP contribution in [0.5, 0.6) is 0 Å². The highest BCUT2D eigenvalue weighted by molar-refractivity contribution is 7.09. The number of hydrogen-bond donors (Lipinski definition) is 0. The molecule has 19 heavy (non-hydrogen) atoms. The van der Waals surface area contributed by atoms with Crippen molar-refractivity contribution < 1.29 is 0 Å². The van der Waals surface area contributed by atoms with Crippen molar-refractivity contribution in [3.63, 3.8) is 0 Å².